The van der Waals surface area contributed by atoms with Crippen LogP contribution >= 0.6 is 0 Å². The molecule has 1 saturated carbocycles. The first-order valence-corrected chi connectivity index (χ1v) is 6.60. The van der Waals surface area contributed by atoms with Crippen molar-refractivity contribution in [3.63, 3.8) is 0 Å². The van der Waals surface area contributed by atoms with Crippen LogP contribution in [0.15, 0.2) is 12.4 Å². The third-order valence-electron chi connectivity index (χ3n) is 3.39. The molecule has 1 aromatic rings. The van der Waals surface area contributed by atoms with E-state index in [1.165, 1.54) is 31.2 Å². The number of rotatable bonds is 6. The van der Waals surface area contributed by atoms with Gasteiger partial charge in [-0.1, -0.05) is 12.8 Å². The van der Waals surface area contributed by atoms with Gasteiger partial charge in [0.25, 0.3) is 0 Å². The van der Waals surface area contributed by atoms with E-state index in [0.29, 0.717) is 5.92 Å². The first-order valence-electron chi connectivity index (χ1n) is 6.60. The summed E-state index contributed by atoms with van der Waals surface area (Å²) in [6.07, 6.45) is 10.4. The molecule has 2 N–H and O–H groups in total. The normalized spacial score (nSPS) is 16.3. The Morgan fingerprint density at radius 3 is 2.53 bits per heavy atom. The van der Waals surface area contributed by atoms with Crippen LogP contribution in [0.25, 0.3) is 0 Å². The molecule has 0 aliphatic heterocycles. The predicted molar refractivity (Wildman–Crippen MR) is 70.3 cm³/mol. The fraction of sp³-hybridized carbons (Fsp3) is 0.692. The first kappa shape index (κ1) is 12.3. The smallest absolute Gasteiger partial charge is 0.222 e. The van der Waals surface area contributed by atoms with E-state index in [2.05, 4.69) is 20.6 Å². The number of hydrogen-bond donors (Lipinski definition) is 2. The summed E-state index contributed by atoms with van der Waals surface area (Å²) in [7, 11) is 1.97. The summed E-state index contributed by atoms with van der Waals surface area (Å²) in [4.78, 5) is 8.76. The van der Waals surface area contributed by atoms with Crippen molar-refractivity contribution in [2.45, 2.75) is 38.0 Å². The fourth-order valence-electron chi connectivity index (χ4n) is 2.36. The molecule has 0 unspecified atom stereocenters. The van der Waals surface area contributed by atoms with Crippen LogP contribution in [-0.4, -0.2) is 30.1 Å². The third-order valence-corrected chi connectivity index (χ3v) is 3.39. The standard InChI is InChI=1S/C13H22N4/c1-14-7-4-8-15-13-16-9-12(10-17-13)11-5-2-3-6-11/h9-11,14H,2-8H2,1H3,(H,15,16,17). The van der Waals surface area contributed by atoms with Crippen LogP contribution < -0.4 is 10.6 Å². The lowest BCUT2D eigenvalue weighted by molar-refractivity contribution is 0.712. The average molecular weight is 234 g/mol. The van der Waals surface area contributed by atoms with Gasteiger partial charge in [-0.3, -0.25) is 0 Å². The van der Waals surface area contributed by atoms with E-state index in [4.69, 9.17) is 0 Å². The number of hydrogen-bond acceptors (Lipinski definition) is 4. The fourth-order valence-corrected chi connectivity index (χ4v) is 2.36. The Kier molecular flexibility index (Phi) is 4.74. The second kappa shape index (κ2) is 6.55. The monoisotopic (exact) mass is 234 g/mol. The summed E-state index contributed by atoms with van der Waals surface area (Å²) < 4.78 is 0. The molecule has 94 valence electrons. The van der Waals surface area contributed by atoms with Gasteiger partial charge < -0.3 is 10.6 Å². The molecule has 1 aromatic heterocycles. The van der Waals surface area contributed by atoms with Crippen LogP contribution in [-0.2, 0) is 0 Å². The Morgan fingerprint density at radius 2 is 1.88 bits per heavy atom. The molecule has 2 rings (SSSR count). The van der Waals surface area contributed by atoms with Crippen LogP contribution in [0.5, 0.6) is 0 Å². The molecule has 4 heteroatoms. The minimum absolute atomic E-state index is 0.702. The SMILES string of the molecule is CNCCCNc1ncc(C2CCCC2)cn1. The lowest BCUT2D eigenvalue weighted by Crippen LogP contribution is -2.14. The van der Waals surface area contributed by atoms with Gasteiger partial charge in [0.15, 0.2) is 0 Å². The Balaban J connectivity index is 1.80. The summed E-state index contributed by atoms with van der Waals surface area (Å²) in [5.74, 6) is 1.45. The molecule has 0 bridgehead atoms. The van der Waals surface area contributed by atoms with Crippen LogP contribution in [0, 0.1) is 0 Å². The van der Waals surface area contributed by atoms with E-state index < -0.39 is 0 Å². The highest BCUT2D eigenvalue weighted by Crippen LogP contribution is 2.33. The Bertz CT molecular complexity index is 317. The maximum Gasteiger partial charge on any atom is 0.222 e. The van der Waals surface area contributed by atoms with Gasteiger partial charge in [0.2, 0.25) is 5.95 Å². The Labute approximate surface area is 103 Å². The van der Waals surface area contributed by atoms with Crippen LogP contribution in [0.4, 0.5) is 5.95 Å². The lowest BCUT2D eigenvalue weighted by atomic mass is 10.0. The van der Waals surface area contributed by atoms with E-state index in [-0.39, 0.29) is 0 Å². The summed E-state index contributed by atoms with van der Waals surface area (Å²) in [6, 6.07) is 0. The highest BCUT2D eigenvalue weighted by Gasteiger charge is 2.17. The quantitative estimate of drug-likeness (QED) is 0.741. The minimum atomic E-state index is 0.702. The lowest BCUT2D eigenvalue weighted by Gasteiger charge is -2.09. The van der Waals surface area contributed by atoms with E-state index in [9.17, 15) is 0 Å². The molecule has 0 atom stereocenters. The second-order valence-electron chi connectivity index (χ2n) is 4.71. The number of anilines is 1. The molecule has 0 saturated heterocycles. The highest BCUT2D eigenvalue weighted by molar-refractivity contribution is 5.26. The average Bonchev–Trinajstić information content (AvgIpc) is 2.89. The van der Waals surface area contributed by atoms with Crippen molar-refractivity contribution < 1.29 is 0 Å². The van der Waals surface area contributed by atoms with Crippen LogP contribution in [0.1, 0.15) is 43.6 Å². The third kappa shape index (κ3) is 3.66. The summed E-state index contributed by atoms with van der Waals surface area (Å²) in [5.41, 5.74) is 1.31. The largest absolute Gasteiger partial charge is 0.354 e. The molecule has 1 heterocycles. The van der Waals surface area contributed by atoms with Gasteiger partial charge in [-0.2, -0.15) is 0 Å². The van der Waals surface area contributed by atoms with Crippen molar-refractivity contribution >= 4 is 5.95 Å². The molecule has 17 heavy (non-hydrogen) atoms. The molecule has 0 amide bonds. The molecule has 4 nitrogen and oxygen atoms in total. The minimum Gasteiger partial charge on any atom is -0.354 e. The topological polar surface area (TPSA) is 49.8 Å². The number of nitrogens with zero attached hydrogens (tertiary/aromatic N) is 2. The van der Waals surface area contributed by atoms with Gasteiger partial charge in [-0.05, 0) is 44.3 Å². The van der Waals surface area contributed by atoms with Crippen molar-refractivity contribution in [3.8, 4) is 0 Å². The molecular formula is C13H22N4. The molecule has 0 aromatic carbocycles. The maximum absolute atomic E-state index is 4.38. The van der Waals surface area contributed by atoms with Crippen molar-refractivity contribution in [1.82, 2.24) is 15.3 Å². The van der Waals surface area contributed by atoms with Crippen molar-refractivity contribution in [2.24, 2.45) is 0 Å². The zero-order valence-corrected chi connectivity index (χ0v) is 10.6. The van der Waals surface area contributed by atoms with Crippen molar-refractivity contribution in [3.05, 3.63) is 18.0 Å². The molecule has 0 spiro atoms. The summed E-state index contributed by atoms with van der Waals surface area (Å²) >= 11 is 0. The van der Waals surface area contributed by atoms with Gasteiger partial charge in [0, 0.05) is 18.9 Å². The predicted octanol–water partition coefficient (Wildman–Crippen LogP) is 2.16. The first-order chi connectivity index (χ1) is 8.40. The van der Waals surface area contributed by atoms with E-state index in [0.717, 1.165) is 25.5 Å². The molecule has 1 aliphatic rings. The van der Waals surface area contributed by atoms with E-state index in [1.54, 1.807) is 0 Å². The van der Waals surface area contributed by atoms with E-state index >= 15 is 0 Å². The van der Waals surface area contributed by atoms with Crippen molar-refractivity contribution in [2.75, 3.05) is 25.5 Å². The zero-order valence-electron chi connectivity index (χ0n) is 10.6. The van der Waals surface area contributed by atoms with Gasteiger partial charge >= 0.3 is 0 Å². The van der Waals surface area contributed by atoms with E-state index in [1.807, 2.05) is 19.4 Å². The second-order valence-corrected chi connectivity index (χ2v) is 4.71. The van der Waals surface area contributed by atoms with Crippen molar-refractivity contribution in [1.29, 1.82) is 0 Å². The van der Waals surface area contributed by atoms with Gasteiger partial charge in [0.05, 0.1) is 0 Å². The van der Waals surface area contributed by atoms with Crippen LogP contribution in [0.2, 0.25) is 0 Å². The molecular weight excluding hydrogens is 212 g/mol. The zero-order chi connectivity index (χ0) is 11.9. The number of aromatic nitrogens is 2. The summed E-state index contributed by atoms with van der Waals surface area (Å²) in [6.45, 7) is 1.94. The van der Waals surface area contributed by atoms with Gasteiger partial charge in [-0.25, -0.2) is 9.97 Å². The maximum atomic E-state index is 4.38. The number of nitrogens with one attached hydrogen (secondary N) is 2. The summed E-state index contributed by atoms with van der Waals surface area (Å²) in [5, 5.41) is 6.35. The molecule has 0 radical (unpaired) electrons. The molecule has 1 aliphatic carbocycles. The van der Waals surface area contributed by atoms with Gasteiger partial charge in [-0.15, -0.1) is 0 Å². The van der Waals surface area contributed by atoms with Gasteiger partial charge in [0.1, 0.15) is 0 Å². The van der Waals surface area contributed by atoms with Crippen LogP contribution in [0.3, 0.4) is 0 Å². The highest BCUT2D eigenvalue weighted by atomic mass is 15.1. The Hall–Kier alpha value is -1.16. The molecule has 1 fully saturated rings. The Morgan fingerprint density at radius 1 is 1.18 bits per heavy atom.